The quantitative estimate of drug-likeness (QED) is 0.492. The van der Waals surface area contributed by atoms with E-state index in [0.717, 1.165) is 56.5 Å². The van der Waals surface area contributed by atoms with Gasteiger partial charge >= 0.3 is 6.03 Å². The van der Waals surface area contributed by atoms with Gasteiger partial charge < -0.3 is 16.0 Å². The van der Waals surface area contributed by atoms with E-state index in [0.29, 0.717) is 31.8 Å². The molecular weight excluding hydrogens is 398 g/mol. The van der Waals surface area contributed by atoms with Crippen molar-refractivity contribution >= 4 is 23.8 Å². The van der Waals surface area contributed by atoms with Crippen LogP contribution in [-0.2, 0) is 14.4 Å². The summed E-state index contributed by atoms with van der Waals surface area (Å²) in [5.74, 6) is 0.0816. The zero-order chi connectivity index (χ0) is 22.4. The summed E-state index contributed by atoms with van der Waals surface area (Å²) in [6.45, 7) is 6.47. The summed E-state index contributed by atoms with van der Waals surface area (Å²) < 4.78 is 0. The summed E-state index contributed by atoms with van der Waals surface area (Å²) >= 11 is 0. The molecule has 9 nitrogen and oxygen atoms in total. The highest BCUT2D eigenvalue weighted by Gasteiger charge is 2.52. The molecule has 0 aromatic rings. The van der Waals surface area contributed by atoms with E-state index in [9.17, 15) is 19.2 Å². The molecule has 1 aliphatic carbocycles. The number of carbonyl (C=O) groups is 4. The van der Waals surface area contributed by atoms with Crippen molar-refractivity contribution in [2.24, 2.45) is 5.92 Å². The van der Waals surface area contributed by atoms with E-state index in [2.05, 4.69) is 27.8 Å². The van der Waals surface area contributed by atoms with Crippen molar-refractivity contribution in [2.75, 3.05) is 32.7 Å². The van der Waals surface area contributed by atoms with E-state index < -0.39 is 11.6 Å². The van der Waals surface area contributed by atoms with E-state index in [1.807, 2.05) is 6.92 Å². The van der Waals surface area contributed by atoms with E-state index in [4.69, 9.17) is 0 Å². The summed E-state index contributed by atoms with van der Waals surface area (Å²) in [5.41, 5.74) is -0.813. The summed E-state index contributed by atoms with van der Waals surface area (Å²) in [6, 6.07) is -0.458. The van der Waals surface area contributed by atoms with Gasteiger partial charge in [0.05, 0.1) is 6.54 Å². The molecule has 1 spiro atoms. The van der Waals surface area contributed by atoms with Crippen molar-refractivity contribution in [3.63, 3.8) is 0 Å². The molecule has 3 aliphatic rings. The van der Waals surface area contributed by atoms with E-state index >= 15 is 0 Å². The first-order valence-electron chi connectivity index (χ1n) is 11.8. The lowest BCUT2D eigenvalue weighted by Gasteiger charge is -2.34. The van der Waals surface area contributed by atoms with Gasteiger partial charge in [-0.15, -0.1) is 0 Å². The summed E-state index contributed by atoms with van der Waals surface area (Å²) in [5, 5.41) is 8.71. The van der Waals surface area contributed by atoms with E-state index in [-0.39, 0.29) is 30.3 Å². The molecule has 3 rings (SSSR count). The number of nitrogens with one attached hydrogen (secondary N) is 3. The Bertz CT molecular complexity index is 681. The Labute approximate surface area is 184 Å². The number of hydrogen-bond acceptors (Lipinski definition) is 5. The topological polar surface area (TPSA) is 111 Å². The minimum Gasteiger partial charge on any atom is -0.355 e. The molecule has 2 heterocycles. The molecule has 2 aliphatic heterocycles. The van der Waals surface area contributed by atoms with Gasteiger partial charge in [-0.1, -0.05) is 20.3 Å². The van der Waals surface area contributed by atoms with Gasteiger partial charge in [-0.25, -0.2) is 4.79 Å². The van der Waals surface area contributed by atoms with Gasteiger partial charge in [0.1, 0.15) is 12.1 Å². The largest absolute Gasteiger partial charge is 0.355 e. The number of rotatable bonds is 8. The Kier molecular flexibility index (Phi) is 7.91. The van der Waals surface area contributed by atoms with Crippen LogP contribution in [0.2, 0.25) is 0 Å². The van der Waals surface area contributed by atoms with Gasteiger partial charge in [0.15, 0.2) is 0 Å². The zero-order valence-electron chi connectivity index (χ0n) is 18.9. The van der Waals surface area contributed by atoms with Crippen LogP contribution in [0.25, 0.3) is 0 Å². The molecule has 1 saturated carbocycles. The molecule has 3 N–H and O–H groups in total. The fourth-order valence-corrected chi connectivity index (χ4v) is 4.91. The molecule has 31 heavy (non-hydrogen) atoms. The number of urea groups is 1. The maximum absolute atomic E-state index is 13.0. The molecule has 3 fully saturated rings. The van der Waals surface area contributed by atoms with Crippen LogP contribution in [-0.4, -0.2) is 77.9 Å². The van der Waals surface area contributed by atoms with Crippen molar-refractivity contribution in [2.45, 2.75) is 76.8 Å². The molecular formula is C22H37N5O4. The Hall–Kier alpha value is -2.16. The molecule has 0 aromatic carbocycles. The van der Waals surface area contributed by atoms with Gasteiger partial charge in [0.2, 0.25) is 11.8 Å². The Morgan fingerprint density at radius 1 is 1.03 bits per heavy atom. The molecule has 0 unspecified atom stereocenters. The van der Waals surface area contributed by atoms with Crippen LogP contribution in [0.3, 0.4) is 0 Å². The fraction of sp³-hybridized carbons (Fsp3) is 0.818. The monoisotopic (exact) mass is 435 g/mol. The van der Waals surface area contributed by atoms with Crippen LogP contribution in [0.5, 0.6) is 0 Å². The van der Waals surface area contributed by atoms with Crippen molar-refractivity contribution < 1.29 is 19.2 Å². The van der Waals surface area contributed by atoms with E-state index in [1.165, 1.54) is 0 Å². The normalized spacial score (nSPS) is 27.4. The molecule has 5 amide bonds. The lowest BCUT2D eigenvalue weighted by atomic mass is 9.75. The van der Waals surface area contributed by atoms with E-state index in [1.54, 1.807) is 0 Å². The van der Waals surface area contributed by atoms with Crippen molar-refractivity contribution in [3.05, 3.63) is 0 Å². The third-order valence-electron chi connectivity index (χ3n) is 6.98. The average Bonchev–Trinajstić information content (AvgIpc) is 2.98. The van der Waals surface area contributed by atoms with Crippen molar-refractivity contribution in [1.29, 1.82) is 0 Å². The number of nitrogens with zero attached hydrogens (tertiary/aromatic N) is 2. The van der Waals surface area contributed by atoms with Crippen molar-refractivity contribution in [1.82, 2.24) is 25.8 Å². The fourth-order valence-electron chi connectivity index (χ4n) is 4.91. The Morgan fingerprint density at radius 2 is 1.71 bits per heavy atom. The minimum absolute atomic E-state index is 0.00262. The standard InChI is InChI=1S/C22H37N5O4/c1-3-11-23-18(28)14-26-12-7-17(8-13-26)24-19(29)15-27-20(30)22(25-21(27)31)9-5-16(4-2)6-10-22/h16-17H,3-15H2,1-2H3,(H,23,28)(H,24,29)(H,25,31). The predicted octanol–water partition coefficient (Wildman–Crippen LogP) is 0.984. The van der Waals surface area contributed by atoms with Crippen LogP contribution in [0.15, 0.2) is 0 Å². The lowest BCUT2D eigenvalue weighted by Crippen LogP contribution is -2.51. The highest BCUT2D eigenvalue weighted by Crippen LogP contribution is 2.37. The number of hydrogen-bond donors (Lipinski definition) is 3. The van der Waals surface area contributed by atoms with Gasteiger partial charge in [-0.3, -0.25) is 24.2 Å². The minimum atomic E-state index is -0.813. The Balaban J connectivity index is 1.42. The first-order valence-corrected chi connectivity index (χ1v) is 11.8. The lowest BCUT2D eigenvalue weighted by molar-refractivity contribution is -0.136. The van der Waals surface area contributed by atoms with Crippen molar-refractivity contribution in [3.8, 4) is 0 Å². The molecule has 9 heteroatoms. The van der Waals surface area contributed by atoms with Gasteiger partial charge in [-0.05, 0) is 50.9 Å². The molecule has 0 bridgehead atoms. The number of carbonyl (C=O) groups excluding carboxylic acids is 4. The van der Waals surface area contributed by atoms with Crippen LogP contribution in [0.1, 0.15) is 65.2 Å². The first kappa shape index (κ1) is 23.5. The Morgan fingerprint density at radius 3 is 2.32 bits per heavy atom. The molecule has 2 saturated heterocycles. The first-order chi connectivity index (χ1) is 14.9. The van der Waals surface area contributed by atoms with Gasteiger partial charge in [0.25, 0.3) is 5.91 Å². The molecule has 0 atom stereocenters. The number of amides is 5. The smallest absolute Gasteiger partial charge is 0.325 e. The molecule has 174 valence electrons. The molecule has 0 radical (unpaired) electrons. The average molecular weight is 436 g/mol. The number of piperidine rings is 1. The maximum Gasteiger partial charge on any atom is 0.325 e. The number of likely N-dealkylation sites (tertiary alicyclic amines) is 1. The third kappa shape index (κ3) is 5.75. The SMILES string of the molecule is CCCNC(=O)CN1CCC(NC(=O)CN2C(=O)NC3(CCC(CC)CC3)C2=O)CC1. The highest BCUT2D eigenvalue weighted by molar-refractivity contribution is 6.09. The second-order valence-electron chi connectivity index (χ2n) is 9.22. The summed E-state index contributed by atoms with van der Waals surface area (Å²) in [7, 11) is 0. The van der Waals surface area contributed by atoms with Gasteiger partial charge in [0, 0.05) is 25.7 Å². The van der Waals surface area contributed by atoms with Crippen LogP contribution >= 0.6 is 0 Å². The predicted molar refractivity (Wildman–Crippen MR) is 116 cm³/mol. The summed E-state index contributed by atoms with van der Waals surface area (Å²) in [6.07, 6.45) is 6.65. The number of imide groups is 1. The highest BCUT2D eigenvalue weighted by atomic mass is 16.2. The van der Waals surface area contributed by atoms with Crippen LogP contribution in [0, 0.1) is 5.92 Å². The maximum atomic E-state index is 13.0. The van der Waals surface area contributed by atoms with Crippen LogP contribution in [0.4, 0.5) is 4.79 Å². The third-order valence-corrected chi connectivity index (χ3v) is 6.98. The molecule has 0 aromatic heterocycles. The van der Waals surface area contributed by atoms with Crippen LogP contribution < -0.4 is 16.0 Å². The summed E-state index contributed by atoms with van der Waals surface area (Å²) in [4.78, 5) is 52.9. The second kappa shape index (κ2) is 10.4. The second-order valence-corrected chi connectivity index (χ2v) is 9.22. The van der Waals surface area contributed by atoms with Gasteiger partial charge in [-0.2, -0.15) is 0 Å². The zero-order valence-corrected chi connectivity index (χ0v) is 18.9.